The molecule has 0 fully saturated rings. The Bertz CT molecular complexity index is 680. The van der Waals surface area contributed by atoms with Crippen LogP contribution in [0.4, 0.5) is 5.69 Å². The summed E-state index contributed by atoms with van der Waals surface area (Å²) in [5, 5.41) is 18.7. The second-order valence-corrected chi connectivity index (χ2v) is 5.61. The minimum atomic E-state index is -0.313. The van der Waals surface area contributed by atoms with Gasteiger partial charge in [0.25, 0.3) is 5.91 Å². The van der Waals surface area contributed by atoms with Crippen molar-refractivity contribution in [1.82, 2.24) is 0 Å². The Morgan fingerprint density at radius 1 is 1.24 bits per heavy atom. The van der Waals surface area contributed by atoms with Gasteiger partial charge in [-0.25, -0.2) is 0 Å². The lowest BCUT2D eigenvalue weighted by Gasteiger charge is -2.22. The third kappa shape index (κ3) is 3.73. The van der Waals surface area contributed by atoms with Crippen molar-refractivity contribution in [3.8, 4) is 11.8 Å². The SMILES string of the molecule is N#CCCN(C(=O)c1cc(I)ccc1O)c1ccccc1. The van der Waals surface area contributed by atoms with E-state index in [1.54, 1.807) is 24.3 Å². The fourth-order valence-electron chi connectivity index (χ4n) is 1.94. The number of nitrogens with zero attached hydrogens (tertiary/aromatic N) is 2. The van der Waals surface area contributed by atoms with Gasteiger partial charge in [0.1, 0.15) is 5.75 Å². The lowest BCUT2D eigenvalue weighted by molar-refractivity contribution is 0.0985. The molecule has 4 nitrogen and oxygen atoms in total. The monoisotopic (exact) mass is 392 g/mol. The van der Waals surface area contributed by atoms with E-state index >= 15 is 0 Å². The first-order chi connectivity index (χ1) is 10.1. The quantitative estimate of drug-likeness (QED) is 0.810. The summed E-state index contributed by atoms with van der Waals surface area (Å²) in [5.74, 6) is -0.370. The van der Waals surface area contributed by atoms with Crippen LogP contribution < -0.4 is 4.90 Å². The maximum Gasteiger partial charge on any atom is 0.262 e. The minimum Gasteiger partial charge on any atom is -0.507 e. The number of phenolic OH excluding ortho intramolecular Hbond substituents is 1. The van der Waals surface area contributed by atoms with Crippen molar-refractivity contribution in [1.29, 1.82) is 5.26 Å². The van der Waals surface area contributed by atoms with Crippen LogP contribution in [-0.2, 0) is 0 Å². The third-order valence-electron chi connectivity index (χ3n) is 2.95. The Morgan fingerprint density at radius 3 is 2.62 bits per heavy atom. The zero-order valence-electron chi connectivity index (χ0n) is 11.2. The van der Waals surface area contributed by atoms with Gasteiger partial charge in [-0.2, -0.15) is 5.26 Å². The first-order valence-corrected chi connectivity index (χ1v) is 7.43. The standard InChI is InChI=1S/C16H13IN2O2/c17-12-7-8-15(20)14(11-12)16(21)19(10-4-9-18)13-5-2-1-3-6-13/h1-3,5-8,11,20H,4,10H2. The number of anilines is 1. The number of hydrogen-bond acceptors (Lipinski definition) is 3. The average Bonchev–Trinajstić information content (AvgIpc) is 2.51. The van der Waals surface area contributed by atoms with E-state index in [1.807, 2.05) is 24.3 Å². The van der Waals surface area contributed by atoms with Crippen molar-refractivity contribution >= 4 is 34.2 Å². The Labute approximate surface area is 136 Å². The molecule has 106 valence electrons. The van der Waals surface area contributed by atoms with Crippen molar-refractivity contribution in [2.24, 2.45) is 0 Å². The van der Waals surface area contributed by atoms with Crippen LogP contribution in [-0.4, -0.2) is 17.6 Å². The van der Waals surface area contributed by atoms with Gasteiger partial charge < -0.3 is 10.0 Å². The third-order valence-corrected chi connectivity index (χ3v) is 3.62. The number of carbonyl (C=O) groups is 1. The van der Waals surface area contributed by atoms with Gasteiger partial charge in [0, 0.05) is 15.8 Å². The highest BCUT2D eigenvalue weighted by atomic mass is 127. The van der Waals surface area contributed by atoms with Gasteiger partial charge in [-0.15, -0.1) is 0 Å². The van der Waals surface area contributed by atoms with E-state index in [0.29, 0.717) is 5.69 Å². The lowest BCUT2D eigenvalue weighted by Crippen LogP contribution is -2.31. The van der Waals surface area contributed by atoms with Crippen LogP contribution in [0.15, 0.2) is 48.5 Å². The molecule has 0 saturated carbocycles. The van der Waals surface area contributed by atoms with Crippen LogP contribution in [0.3, 0.4) is 0 Å². The Hall–Kier alpha value is -2.07. The number of nitriles is 1. The number of amides is 1. The number of para-hydroxylation sites is 1. The molecule has 0 unspecified atom stereocenters. The molecular weight excluding hydrogens is 379 g/mol. The molecule has 0 aliphatic rings. The molecule has 0 radical (unpaired) electrons. The largest absolute Gasteiger partial charge is 0.507 e. The van der Waals surface area contributed by atoms with Crippen LogP contribution in [0.2, 0.25) is 0 Å². The molecule has 2 rings (SSSR count). The second-order valence-electron chi connectivity index (χ2n) is 4.36. The predicted octanol–water partition coefficient (Wildman–Crippen LogP) is 3.56. The zero-order valence-corrected chi connectivity index (χ0v) is 13.3. The van der Waals surface area contributed by atoms with Crippen LogP contribution in [0.5, 0.6) is 5.75 Å². The van der Waals surface area contributed by atoms with Gasteiger partial charge in [0.15, 0.2) is 0 Å². The molecule has 0 saturated heterocycles. The molecule has 2 aromatic carbocycles. The van der Waals surface area contributed by atoms with Crippen molar-refractivity contribution in [2.75, 3.05) is 11.4 Å². The maximum atomic E-state index is 12.7. The van der Waals surface area contributed by atoms with Crippen molar-refractivity contribution in [2.45, 2.75) is 6.42 Å². The number of benzene rings is 2. The molecule has 1 amide bonds. The molecule has 5 heteroatoms. The smallest absolute Gasteiger partial charge is 0.262 e. The topological polar surface area (TPSA) is 64.3 Å². The van der Waals surface area contributed by atoms with Gasteiger partial charge in [-0.1, -0.05) is 18.2 Å². The molecule has 1 N–H and O–H groups in total. The molecule has 0 aromatic heterocycles. The molecule has 0 heterocycles. The molecule has 0 bridgehead atoms. The predicted molar refractivity (Wildman–Crippen MR) is 89.2 cm³/mol. The highest BCUT2D eigenvalue weighted by Crippen LogP contribution is 2.24. The van der Waals surface area contributed by atoms with E-state index in [2.05, 4.69) is 22.6 Å². The summed E-state index contributed by atoms with van der Waals surface area (Å²) in [6.45, 7) is 0.282. The molecule has 21 heavy (non-hydrogen) atoms. The summed E-state index contributed by atoms with van der Waals surface area (Å²) in [7, 11) is 0. The van der Waals surface area contributed by atoms with Gasteiger partial charge in [-0.3, -0.25) is 4.79 Å². The lowest BCUT2D eigenvalue weighted by atomic mass is 10.1. The van der Waals surface area contributed by atoms with Crippen LogP contribution in [0.1, 0.15) is 16.8 Å². The number of phenols is 1. The fraction of sp³-hybridized carbons (Fsp3) is 0.125. The van der Waals surface area contributed by atoms with Crippen LogP contribution in [0.25, 0.3) is 0 Å². The first-order valence-electron chi connectivity index (χ1n) is 6.36. The van der Waals surface area contributed by atoms with Crippen LogP contribution in [0, 0.1) is 14.9 Å². The number of aromatic hydroxyl groups is 1. The molecular formula is C16H13IN2O2. The summed E-state index contributed by atoms with van der Waals surface area (Å²) in [4.78, 5) is 14.2. The minimum absolute atomic E-state index is 0.0571. The highest BCUT2D eigenvalue weighted by molar-refractivity contribution is 14.1. The zero-order chi connectivity index (χ0) is 15.2. The van der Waals surface area contributed by atoms with Gasteiger partial charge in [-0.05, 0) is 52.9 Å². The summed E-state index contributed by atoms with van der Waals surface area (Å²) in [6.07, 6.45) is 0.228. The number of hydrogen-bond donors (Lipinski definition) is 1. The van der Waals surface area contributed by atoms with E-state index in [9.17, 15) is 9.90 Å². The van der Waals surface area contributed by atoms with Crippen molar-refractivity contribution in [3.63, 3.8) is 0 Å². The first kappa shape index (κ1) is 15.3. The Morgan fingerprint density at radius 2 is 1.95 bits per heavy atom. The fourth-order valence-corrected chi connectivity index (χ4v) is 2.43. The van der Waals surface area contributed by atoms with Crippen molar-refractivity contribution in [3.05, 3.63) is 57.7 Å². The number of rotatable bonds is 4. The van der Waals surface area contributed by atoms with Crippen LogP contribution >= 0.6 is 22.6 Å². The van der Waals surface area contributed by atoms with E-state index < -0.39 is 0 Å². The summed E-state index contributed by atoms with van der Waals surface area (Å²) < 4.78 is 0.863. The molecule has 0 aliphatic heterocycles. The highest BCUT2D eigenvalue weighted by Gasteiger charge is 2.20. The molecule has 0 atom stereocenters. The summed E-state index contributed by atoms with van der Waals surface area (Å²) in [6, 6.07) is 16.0. The van der Waals surface area contributed by atoms with Gasteiger partial charge in [0.2, 0.25) is 0 Å². The van der Waals surface area contributed by atoms with Crippen molar-refractivity contribution < 1.29 is 9.90 Å². The van der Waals surface area contributed by atoms with E-state index in [4.69, 9.17) is 5.26 Å². The molecule has 0 aliphatic carbocycles. The van der Waals surface area contributed by atoms with E-state index in [1.165, 1.54) is 11.0 Å². The van der Waals surface area contributed by atoms with Gasteiger partial charge >= 0.3 is 0 Å². The number of halogens is 1. The summed E-state index contributed by atoms with van der Waals surface area (Å²) in [5.41, 5.74) is 0.944. The Balaban J connectivity index is 2.39. The van der Waals surface area contributed by atoms with Gasteiger partial charge in [0.05, 0.1) is 18.1 Å². The van der Waals surface area contributed by atoms with E-state index in [-0.39, 0.29) is 30.2 Å². The maximum absolute atomic E-state index is 12.7. The normalized spacial score (nSPS) is 9.90. The average molecular weight is 392 g/mol. The molecule has 0 spiro atoms. The molecule has 2 aromatic rings. The number of carbonyl (C=O) groups excluding carboxylic acids is 1. The van der Waals surface area contributed by atoms with E-state index in [0.717, 1.165) is 3.57 Å². The summed E-state index contributed by atoms with van der Waals surface area (Å²) >= 11 is 2.09. The Kier molecular flexibility index (Phi) is 5.17. The second kappa shape index (κ2) is 7.09.